The van der Waals surface area contributed by atoms with Crippen LogP contribution in [0.3, 0.4) is 0 Å². The highest BCUT2D eigenvalue weighted by molar-refractivity contribution is 6.36. The summed E-state index contributed by atoms with van der Waals surface area (Å²) >= 11 is 0. The van der Waals surface area contributed by atoms with Crippen LogP contribution in [0.15, 0.2) is 206 Å². The molecule has 0 saturated carbocycles. The van der Waals surface area contributed by atoms with Gasteiger partial charge in [0.25, 0.3) is 0 Å². The first-order chi connectivity index (χ1) is 32.8. The largest absolute Gasteiger partial charge is 0.306 e. The maximum atomic E-state index is 2.61. The van der Waals surface area contributed by atoms with Gasteiger partial charge < -0.3 is 26.7 Å². The fourth-order valence-electron chi connectivity index (χ4n) is 12.7. The van der Waals surface area contributed by atoms with E-state index >= 15 is 0 Å². The molecule has 0 amide bonds. The first-order valence-corrected chi connectivity index (χ1v) is 22.8. The number of para-hydroxylation sites is 10. The number of hydrogen-bond donors (Lipinski definition) is 0. The molecule has 304 valence electrons. The molecular weight excluding hydrogens is 805 g/mol. The summed E-state index contributed by atoms with van der Waals surface area (Å²) in [6.45, 7) is 0. The molecule has 17 rings (SSSR count). The molecule has 0 spiro atoms. The van der Waals surface area contributed by atoms with Crippen molar-refractivity contribution in [1.29, 1.82) is 0 Å². The van der Waals surface area contributed by atoms with Crippen LogP contribution in [0.5, 0.6) is 0 Å². The molecule has 0 aliphatic heterocycles. The molecule has 17 aromatic rings. The SMILES string of the molecule is c1ccc(-n2c3ccccc3n3c4c(cc5c6c4c4ccccc4n6c4cc6c7cccc8c7n(c7ccccc7n8-c7ccccc7)c6c6c7ccccc7n5c64)c4cccc2c43)cc1. The van der Waals surface area contributed by atoms with Gasteiger partial charge in [-0.1, -0.05) is 121 Å². The molecule has 0 unspecified atom stereocenters. The fraction of sp³-hybridized carbons (Fsp3) is 0. The van der Waals surface area contributed by atoms with Gasteiger partial charge in [0.05, 0.1) is 88.3 Å². The molecular formula is C60H34N6. The Morgan fingerprint density at radius 1 is 0.197 bits per heavy atom. The lowest BCUT2D eigenvalue weighted by molar-refractivity contribution is 1.14. The van der Waals surface area contributed by atoms with Gasteiger partial charge in [0.2, 0.25) is 0 Å². The van der Waals surface area contributed by atoms with Crippen LogP contribution in [0.4, 0.5) is 0 Å². The number of rotatable bonds is 2. The third kappa shape index (κ3) is 3.74. The average molecular weight is 839 g/mol. The Hall–Kier alpha value is -9.00. The van der Waals surface area contributed by atoms with Crippen molar-refractivity contribution < 1.29 is 0 Å². The van der Waals surface area contributed by atoms with E-state index in [-0.39, 0.29) is 0 Å². The highest BCUT2D eigenvalue weighted by Crippen LogP contribution is 2.50. The van der Waals surface area contributed by atoms with E-state index in [0.29, 0.717) is 0 Å². The van der Waals surface area contributed by atoms with Crippen LogP contribution >= 0.6 is 0 Å². The summed E-state index contributed by atoms with van der Waals surface area (Å²) in [5.41, 5.74) is 21.6. The van der Waals surface area contributed by atoms with Gasteiger partial charge in [-0.25, -0.2) is 0 Å². The first kappa shape index (κ1) is 33.5. The molecule has 0 saturated heterocycles. The highest BCUT2D eigenvalue weighted by atomic mass is 15.1. The molecule has 0 aliphatic rings. The number of benzene rings is 10. The van der Waals surface area contributed by atoms with Crippen LogP contribution in [0.2, 0.25) is 0 Å². The summed E-state index contributed by atoms with van der Waals surface area (Å²) in [6, 6.07) is 76.5. The Bertz CT molecular complexity index is 4660. The minimum Gasteiger partial charge on any atom is -0.306 e. The van der Waals surface area contributed by atoms with Crippen molar-refractivity contribution in [2.24, 2.45) is 0 Å². The van der Waals surface area contributed by atoms with Crippen LogP contribution in [0.25, 0.3) is 143 Å². The Morgan fingerprint density at radius 3 is 0.985 bits per heavy atom. The second-order valence-electron chi connectivity index (χ2n) is 18.1. The zero-order valence-electron chi connectivity index (χ0n) is 35.3. The Labute approximate surface area is 374 Å². The Kier molecular flexibility index (Phi) is 5.88. The molecule has 7 aromatic heterocycles. The lowest BCUT2D eigenvalue weighted by Gasteiger charge is -2.18. The molecule has 6 nitrogen and oxygen atoms in total. The van der Waals surface area contributed by atoms with Gasteiger partial charge in [-0.15, -0.1) is 0 Å². The van der Waals surface area contributed by atoms with E-state index in [9.17, 15) is 0 Å². The van der Waals surface area contributed by atoms with Crippen molar-refractivity contribution in [2.75, 3.05) is 0 Å². The standard InChI is InChI=1S/C60H34N6/c1-3-17-35(18-4-1)61-45-27-11-13-29-47(45)65-55-37(23-15-31-49(55)61)41-33-51-59-53(57(41)65)39-21-7-9-25-43(39)64(59)52-34-42-38-24-16-32-50-56(38)66(58(42)54-40-22-8-10-26-44(40)63(51)60(52)54)48-30-14-12-28-46(48)62(50)36-19-5-2-6-20-36/h1-34H. The molecule has 6 heteroatoms. The lowest BCUT2D eigenvalue weighted by atomic mass is 10.1. The van der Waals surface area contributed by atoms with Crippen LogP contribution in [-0.2, 0) is 0 Å². The molecule has 10 aromatic carbocycles. The van der Waals surface area contributed by atoms with Crippen molar-refractivity contribution in [3.63, 3.8) is 0 Å². The average Bonchev–Trinajstić information content (AvgIpc) is 4.11. The van der Waals surface area contributed by atoms with Gasteiger partial charge in [0.15, 0.2) is 0 Å². The van der Waals surface area contributed by atoms with Crippen molar-refractivity contribution in [2.45, 2.75) is 0 Å². The normalized spacial score (nSPS) is 12.8. The second kappa shape index (κ2) is 11.6. The van der Waals surface area contributed by atoms with Crippen molar-refractivity contribution in [1.82, 2.24) is 26.7 Å². The third-order valence-corrected chi connectivity index (χ3v) is 15.0. The second-order valence-corrected chi connectivity index (χ2v) is 18.1. The molecule has 0 bridgehead atoms. The van der Waals surface area contributed by atoms with E-state index in [1.54, 1.807) is 0 Å². The van der Waals surface area contributed by atoms with Gasteiger partial charge in [-0.3, -0.25) is 0 Å². The minimum absolute atomic E-state index is 1.15. The zero-order chi connectivity index (χ0) is 42.5. The zero-order valence-corrected chi connectivity index (χ0v) is 35.3. The van der Waals surface area contributed by atoms with Crippen molar-refractivity contribution >= 4 is 131 Å². The Morgan fingerprint density at radius 2 is 0.545 bits per heavy atom. The Balaban J connectivity index is 1.17. The summed E-state index contributed by atoms with van der Waals surface area (Å²) in [5.74, 6) is 0. The number of fused-ring (bicyclic) bond motifs is 20. The number of nitrogens with zero attached hydrogens (tertiary/aromatic N) is 6. The van der Waals surface area contributed by atoms with Gasteiger partial charge in [-0.2, -0.15) is 0 Å². The molecule has 0 atom stereocenters. The van der Waals surface area contributed by atoms with E-state index in [0.717, 1.165) is 11.4 Å². The van der Waals surface area contributed by atoms with E-state index < -0.39 is 0 Å². The predicted molar refractivity (Wildman–Crippen MR) is 275 cm³/mol. The maximum Gasteiger partial charge on any atom is 0.0804 e. The molecule has 0 N–H and O–H groups in total. The predicted octanol–water partition coefficient (Wildman–Crippen LogP) is 15.2. The molecule has 0 radical (unpaired) electrons. The van der Waals surface area contributed by atoms with E-state index in [4.69, 9.17) is 0 Å². The topological polar surface area (TPSA) is 27.5 Å². The fourth-order valence-corrected chi connectivity index (χ4v) is 12.7. The van der Waals surface area contributed by atoms with Crippen LogP contribution in [0.1, 0.15) is 0 Å². The maximum absolute atomic E-state index is 2.61. The summed E-state index contributed by atoms with van der Waals surface area (Å²) in [7, 11) is 0. The molecule has 0 aliphatic carbocycles. The minimum atomic E-state index is 1.15. The van der Waals surface area contributed by atoms with Gasteiger partial charge in [0.1, 0.15) is 0 Å². The van der Waals surface area contributed by atoms with Crippen LogP contribution in [0, 0.1) is 0 Å². The summed E-state index contributed by atoms with van der Waals surface area (Å²) < 4.78 is 15.2. The van der Waals surface area contributed by atoms with Crippen molar-refractivity contribution in [3.8, 4) is 11.4 Å². The molecule has 66 heavy (non-hydrogen) atoms. The smallest absolute Gasteiger partial charge is 0.0804 e. The first-order valence-electron chi connectivity index (χ1n) is 22.8. The number of hydrogen-bond acceptors (Lipinski definition) is 0. The monoisotopic (exact) mass is 838 g/mol. The van der Waals surface area contributed by atoms with Crippen molar-refractivity contribution in [3.05, 3.63) is 206 Å². The summed E-state index contributed by atoms with van der Waals surface area (Å²) in [5, 5.41) is 10.0. The van der Waals surface area contributed by atoms with E-state index in [1.807, 2.05) is 0 Å². The van der Waals surface area contributed by atoms with E-state index in [2.05, 4.69) is 233 Å². The van der Waals surface area contributed by atoms with Crippen LogP contribution < -0.4 is 0 Å². The highest BCUT2D eigenvalue weighted by Gasteiger charge is 2.29. The number of aromatic nitrogens is 6. The molecule has 7 heterocycles. The summed E-state index contributed by atoms with van der Waals surface area (Å²) in [6.07, 6.45) is 0. The van der Waals surface area contributed by atoms with E-state index in [1.165, 1.54) is 131 Å². The summed E-state index contributed by atoms with van der Waals surface area (Å²) in [4.78, 5) is 0. The van der Waals surface area contributed by atoms with Gasteiger partial charge >= 0.3 is 0 Å². The lowest BCUT2D eigenvalue weighted by Crippen LogP contribution is -2.04. The van der Waals surface area contributed by atoms with Gasteiger partial charge in [0, 0.05) is 54.5 Å². The van der Waals surface area contributed by atoms with Gasteiger partial charge in [-0.05, 0) is 84.9 Å². The molecule has 0 fully saturated rings. The van der Waals surface area contributed by atoms with Crippen LogP contribution in [-0.4, -0.2) is 26.7 Å². The quantitative estimate of drug-likeness (QED) is 0.155. The third-order valence-electron chi connectivity index (χ3n) is 15.0.